The average molecular weight is 486 g/mol. The van der Waals surface area contributed by atoms with E-state index in [0.29, 0.717) is 11.3 Å². The van der Waals surface area contributed by atoms with Crippen LogP contribution in [0.25, 0.3) is 10.9 Å². The van der Waals surface area contributed by atoms with Crippen molar-refractivity contribution in [2.45, 2.75) is 43.2 Å². The van der Waals surface area contributed by atoms with E-state index in [0.717, 1.165) is 45.8 Å². The average Bonchev–Trinajstić information content (AvgIpc) is 3.16. The topological polar surface area (TPSA) is 80.3 Å². The van der Waals surface area contributed by atoms with Gasteiger partial charge in [0.15, 0.2) is 9.84 Å². The molecule has 1 aromatic heterocycles. The second kappa shape index (κ2) is 7.99. The van der Waals surface area contributed by atoms with E-state index in [1.165, 1.54) is 5.56 Å². The van der Waals surface area contributed by atoms with Crippen molar-refractivity contribution in [3.8, 4) is 5.75 Å². The molecule has 0 aliphatic carbocycles. The molecule has 0 radical (unpaired) electrons. The van der Waals surface area contributed by atoms with Crippen LogP contribution in [0.1, 0.15) is 37.4 Å². The molecular weight excluding hydrogens is 458 g/mol. The summed E-state index contributed by atoms with van der Waals surface area (Å²) < 4.78 is 31.2. The third kappa shape index (κ3) is 4.00. The zero-order valence-corrected chi connectivity index (χ0v) is 20.5. The zero-order valence-electron chi connectivity index (χ0n) is 19.7. The van der Waals surface area contributed by atoms with Gasteiger partial charge in [0.1, 0.15) is 17.2 Å². The van der Waals surface area contributed by atoms with E-state index in [2.05, 4.69) is 30.5 Å². The lowest BCUT2D eigenvalue weighted by Gasteiger charge is -2.27. The molecular formula is C28H27N3O3S. The van der Waals surface area contributed by atoms with E-state index >= 15 is 0 Å². The molecule has 2 aliphatic rings. The monoisotopic (exact) mass is 485 g/mol. The van der Waals surface area contributed by atoms with Crippen LogP contribution in [0, 0.1) is 0 Å². The molecule has 0 spiro atoms. The second-order valence-electron chi connectivity index (χ2n) is 9.87. The number of nitrogens with zero attached hydrogens (tertiary/aromatic N) is 1. The number of hydrogen-bond donors (Lipinski definition) is 2. The molecule has 2 N–H and O–H groups in total. The number of rotatable bonds is 4. The number of aromatic nitrogens is 1. The minimum Gasteiger partial charge on any atom is -0.485 e. The first kappa shape index (κ1) is 21.9. The lowest BCUT2D eigenvalue weighted by Crippen LogP contribution is -2.24. The fourth-order valence-electron chi connectivity index (χ4n) is 5.13. The van der Waals surface area contributed by atoms with Crippen molar-refractivity contribution in [1.82, 2.24) is 4.98 Å². The predicted molar refractivity (Wildman–Crippen MR) is 139 cm³/mol. The summed E-state index contributed by atoms with van der Waals surface area (Å²) in [5, 5.41) is 8.00. The van der Waals surface area contributed by atoms with Crippen LogP contribution in [0.2, 0.25) is 0 Å². The van der Waals surface area contributed by atoms with Crippen molar-refractivity contribution in [2.75, 3.05) is 16.4 Å². The van der Waals surface area contributed by atoms with E-state index in [1.807, 2.05) is 54.6 Å². The smallest absolute Gasteiger partial charge is 0.178 e. The Morgan fingerprint density at radius 1 is 0.943 bits per heavy atom. The molecule has 6 nitrogen and oxygen atoms in total. The molecule has 2 aliphatic heterocycles. The van der Waals surface area contributed by atoms with Crippen molar-refractivity contribution >= 4 is 37.9 Å². The Kier molecular flexibility index (Phi) is 5.00. The fourth-order valence-corrected chi connectivity index (χ4v) is 6.75. The quantitative estimate of drug-likeness (QED) is 0.368. The molecule has 4 aromatic rings. The van der Waals surface area contributed by atoms with Crippen molar-refractivity contribution in [3.63, 3.8) is 0 Å². The lowest BCUT2D eigenvalue weighted by molar-refractivity contribution is 0.139. The number of hydrogen-bond acceptors (Lipinski definition) is 6. The summed E-state index contributed by atoms with van der Waals surface area (Å²) in [6.07, 6.45) is 1.40. The second-order valence-corrected chi connectivity index (χ2v) is 11.9. The van der Waals surface area contributed by atoms with Gasteiger partial charge in [0.2, 0.25) is 0 Å². The fraction of sp³-hybridized carbons (Fsp3) is 0.250. The third-order valence-electron chi connectivity index (χ3n) is 6.72. The largest absolute Gasteiger partial charge is 0.485 e. The zero-order chi connectivity index (χ0) is 24.2. The minimum absolute atomic E-state index is 0.0782. The molecule has 0 saturated carbocycles. The van der Waals surface area contributed by atoms with Crippen LogP contribution in [-0.2, 0) is 16.3 Å². The number of pyridine rings is 1. The molecule has 0 amide bonds. The molecule has 1 atom stereocenters. The lowest BCUT2D eigenvalue weighted by atomic mass is 10.0. The summed E-state index contributed by atoms with van der Waals surface area (Å²) >= 11 is 0. The number of anilines is 3. The van der Waals surface area contributed by atoms with E-state index in [1.54, 1.807) is 12.1 Å². The first-order chi connectivity index (χ1) is 16.8. The van der Waals surface area contributed by atoms with Gasteiger partial charge in [-0.05, 0) is 62.2 Å². The Morgan fingerprint density at radius 2 is 1.74 bits per heavy atom. The Hall–Kier alpha value is -3.58. The highest BCUT2D eigenvalue weighted by atomic mass is 32.2. The molecule has 3 aromatic carbocycles. The predicted octanol–water partition coefficient (Wildman–Crippen LogP) is 6.02. The number of benzene rings is 3. The van der Waals surface area contributed by atoms with Crippen LogP contribution in [0.4, 0.5) is 17.2 Å². The highest BCUT2D eigenvalue weighted by Gasteiger charge is 2.32. The first-order valence-electron chi connectivity index (χ1n) is 11.9. The van der Waals surface area contributed by atoms with Gasteiger partial charge in [-0.2, -0.15) is 0 Å². The third-order valence-corrected chi connectivity index (χ3v) is 8.54. The standard InChI is InChI=1S/C28H27N3O3S/c1-28(2)17-18-7-5-11-24(27(18)34-28)31-26-14-13-19-21(9-6-10-22(19)30-26)29-23-15-16-35(32,33)25-12-4-3-8-20(23)25/h3-14,23,29H,15-17H2,1-2H3,(H,30,31). The molecule has 178 valence electrons. The van der Waals surface area contributed by atoms with Crippen molar-refractivity contribution < 1.29 is 13.2 Å². The van der Waals surface area contributed by atoms with Gasteiger partial charge in [0, 0.05) is 23.1 Å². The summed E-state index contributed by atoms with van der Waals surface area (Å²) in [6, 6.07) is 23.3. The highest BCUT2D eigenvalue weighted by molar-refractivity contribution is 7.91. The van der Waals surface area contributed by atoms with Gasteiger partial charge in [0.05, 0.1) is 27.9 Å². The molecule has 1 unspecified atom stereocenters. The molecule has 35 heavy (non-hydrogen) atoms. The SMILES string of the molecule is CC1(C)Cc2cccc(Nc3ccc4c(NC5CCS(=O)(=O)c6ccccc65)cccc4n3)c2O1. The summed E-state index contributed by atoms with van der Waals surface area (Å²) in [6.45, 7) is 4.19. The van der Waals surface area contributed by atoms with Gasteiger partial charge < -0.3 is 15.4 Å². The normalized spacial score (nSPS) is 19.4. The number of fused-ring (bicyclic) bond motifs is 3. The van der Waals surface area contributed by atoms with Gasteiger partial charge >= 0.3 is 0 Å². The van der Waals surface area contributed by atoms with Crippen LogP contribution in [0.15, 0.2) is 77.7 Å². The van der Waals surface area contributed by atoms with Crippen molar-refractivity contribution in [1.29, 1.82) is 0 Å². The summed E-state index contributed by atoms with van der Waals surface area (Å²) in [5.74, 6) is 1.77. The number of nitrogens with one attached hydrogen (secondary N) is 2. The summed E-state index contributed by atoms with van der Waals surface area (Å²) in [7, 11) is -3.23. The van der Waals surface area contributed by atoms with Gasteiger partial charge in [-0.25, -0.2) is 13.4 Å². The molecule has 0 bridgehead atoms. The van der Waals surface area contributed by atoms with E-state index in [-0.39, 0.29) is 17.4 Å². The van der Waals surface area contributed by atoms with Crippen LogP contribution >= 0.6 is 0 Å². The van der Waals surface area contributed by atoms with Crippen LogP contribution in [0.3, 0.4) is 0 Å². The first-order valence-corrected chi connectivity index (χ1v) is 13.5. The molecule has 0 fully saturated rings. The molecule has 0 saturated heterocycles. The van der Waals surface area contributed by atoms with E-state index < -0.39 is 9.84 Å². The Bertz CT molecular complexity index is 1560. The van der Waals surface area contributed by atoms with Gasteiger partial charge in [-0.15, -0.1) is 0 Å². The van der Waals surface area contributed by atoms with Crippen LogP contribution < -0.4 is 15.4 Å². The molecule has 6 rings (SSSR count). The maximum absolute atomic E-state index is 12.5. The Labute approximate surface area is 205 Å². The Morgan fingerprint density at radius 3 is 2.63 bits per heavy atom. The molecule has 7 heteroatoms. The Balaban J connectivity index is 1.30. The van der Waals surface area contributed by atoms with Gasteiger partial charge in [-0.3, -0.25) is 0 Å². The van der Waals surface area contributed by atoms with Crippen LogP contribution in [0.5, 0.6) is 5.75 Å². The number of sulfone groups is 1. The van der Waals surface area contributed by atoms with Crippen molar-refractivity contribution in [3.05, 3.63) is 83.9 Å². The summed E-state index contributed by atoms with van der Waals surface area (Å²) in [5.41, 5.74) is 4.50. The maximum Gasteiger partial charge on any atom is 0.178 e. The van der Waals surface area contributed by atoms with Crippen molar-refractivity contribution in [2.24, 2.45) is 0 Å². The van der Waals surface area contributed by atoms with Gasteiger partial charge in [-0.1, -0.05) is 36.4 Å². The van der Waals surface area contributed by atoms with E-state index in [4.69, 9.17) is 9.72 Å². The van der Waals surface area contributed by atoms with Gasteiger partial charge in [0.25, 0.3) is 0 Å². The number of para-hydroxylation sites is 1. The minimum atomic E-state index is -3.23. The summed E-state index contributed by atoms with van der Waals surface area (Å²) in [4.78, 5) is 5.28. The maximum atomic E-state index is 12.5. The van der Waals surface area contributed by atoms with Crippen LogP contribution in [-0.4, -0.2) is 24.8 Å². The highest BCUT2D eigenvalue weighted by Crippen LogP contribution is 2.41. The van der Waals surface area contributed by atoms with E-state index in [9.17, 15) is 8.42 Å². The molecule has 3 heterocycles. The number of ether oxygens (including phenoxy) is 1.